The van der Waals surface area contributed by atoms with Crippen molar-refractivity contribution in [3.05, 3.63) is 71.8 Å². The van der Waals surface area contributed by atoms with Gasteiger partial charge in [0.25, 0.3) is 0 Å². The zero-order valence-electron chi connectivity index (χ0n) is 14.0. The lowest BCUT2D eigenvalue weighted by Crippen LogP contribution is -2.25. The molecule has 0 aliphatic rings. The standard InChI is InChI=1S/C20H24N2O/c1-16(15-20(2,3)18-12-8-5-9-13-18)21-22-19(23)14-17-10-6-4-7-11-17/h4-13H,14-15H2,1-3H3,(H,22,23)/b21-16+. The molecule has 2 rings (SSSR count). The summed E-state index contributed by atoms with van der Waals surface area (Å²) < 4.78 is 0. The molecule has 1 amide bonds. The molecule has 0 aliphatic heterocycles. The van der Waals surface area contributed by atoms with Crippen LogP contribution in [-0.2, 0) is 16.6 Å². The number of carbonyl (C=O) groups excluding carboxylic acids is 1. The fourth-order valence-corrected chi connectivity index (χ4v) is 2.65. The summed E-state index contributed by atoms with van der Waals surface area (Å²) in [7, 11) is 0. The average molecular weight is 308 g/mol. The molecule has 0 heterocycles. The maximum Gasteiger partial charge on any atom is 0.244 e. The van der Waals surface area contributed by atoms with Crippen LogP contribution in [0.3, 0.4) is 0 Å². The van der Waals surface area contributed by atoms with Crippen LogP contribution in [0.15, 0.2) is 65.8 Å². The third kappa shape index (κ3) is 5.37. The minimum Gasteiger partial charge on any atom is -0.273 e. The van der Waals surface area contributed by atoms with E-state index in [2.05, 4.69) is 36.5 Å². The van der Waals surface area contributed by atoms with E-state index >= 15 is 0 Å². The number of carbonyl (C=O) groups is 1. The summed E-state index contributed by atoms with van der Waals surface area (Å²) in [6, 6.07) is 20.0. The molecule has 0 radical (unpaired) electrons. The van der Waals surface area contributed by atoms with E-state index in [-0.39, 0.29) is 11.3 Å². The molecule has 0 aromatic heterocycles. The quantitative estimate of drug-likeness (QED) is 0.634. The van der Waals surface area contributed by atoms with E-state index in [4.69, 9.17) is 0 Å². The van der Waals surface area contributed by atoms with Gasteiger partial charge in [0.05, 0.1) is 6.42 Å². The van der Waals surface area contributed by atoms with Crippen molar-refractivity contribution in [1.29, 1.82) is 0 Å². The molecule has 0 atom stereocenters. The first kappa shape index (κ1) is 16.9. The van der Waals surface area contributed by atoms with E-state index in [1.54, 1.807) is 0 Å². The Morgan fingerprint density at radius 3 is 2.17 bits per heavy atom. The van der Waals surface area contributed by atoms with Crippen molar-refractivity contribution in [2.75, 3.05) is 0 Å². The highest BCUT2D eigenvalue weighted by atomic mass is 16.2. The molecule has 2 aromatic rings. The summed E-state index contributed by atoms with van der Waals surface area (Å²) in [5, 5.41) is 4.25. The van der Waals surface area contributed by atoms with Crippen LogP contribution in [0.4, 0.5) is 0 Å². The lowest BCUT2D eigenvalue weighted by Gasteiger charge is -2.25. The van der Waals surface area contributed by atoms with Gasteiger partial charge in [0.1, 0.15) is 0 Å². The van der Waals surface area contributed by atoms with Crippen molar-refractivity contribution in [2.24, 2.45) is 5.10 Å². The highest BCUT2D eigenvalue weighted by molar-refractivity contribution is 5.86. The van der Waals surface area contributed by atoms with Crippen molar-refractivity contribution < 1.29 is 4.79 Å². The smallest absolute Gasteiger partial charge is 0.244 e. The third-order valence-corrected chi connectivity index (χ3v) is 3.83. The highest BCUT2D eigenvalue weighted by Gasteiger charge is 2.21. The van der Waals surface area contributed by atoms with Gasteiger partial charge >= 0.3 is 0 Å². The van der Waals surface area contributed by atoms with Crippen LogP contribution in [0, 0.1) is 0 Å². The number of rotatable bonds is 6. The Labute approximate surface area is 138 Å². The lowest BCUT2D eigenvalue weighted by atomic mass is 9.80. The summed E-state index contributed by atoms with van der Waals surface area (Å²) in [5.74, 6) is -0.0898. The molecule has 0 bridgehead atoms. The Balaban J connectivity index is 1.91. The number of hydrogen-bond donors (Lipinski definition) is 1. The van der Waals surface area contributed by atoms with Crippen LogP contribution in [0.5, 0.6) is 0 Å². The second-order valence-electron chi connectivity index (χ2n) is 6.47. The number of hydrazone groups is 1. The maximum absolute atomic E-state index is 11.9. The Morgan fingerprint density at radius 2 is 1.57 bits per heavy atom. The minimum absolute atomic E-state index is 0.0149. The first-order valence-corrected chi connectivity index (χ1v) is 7.89. The summed E-state index contributed by atoms with van der Waals surface area (Å²) in [5.41, 5.74) is 5.81. The van der Waals surface area contributed by atoms with Gasteiger partial charge in [0.2, 0.25) is 5.91 Å². The number of hydrogen-bond acceptors (Lipinski definition) is 2. The fourth-order valence-electron chi connectivity index (χ4n) is 2.65. The van der Waals surface area contributed by atoms with Gasteiger partial charge in [-0.15, -0.1) is 0 Å². The van der Waals surface area contributed by atoms with Crippen molar-refractivity contribution in [2.45, 2.75) is 39.0 Å². The van der Waals surface area contributed by atoms with E-state index in [0.29, 0.717) is 6.42 Å². The van der Waals surface area contributed by atoms with Crippen LogP contribution >= 0.6 is 0 Å². The largest absolute Gasteiger partial charge is 0.273 e. The van der Waals surface area contributed by atoms with Crippen LogP contribution < -0.4 is 5.43 Å². The molecule has 0 aliphatic carbocycles. The molecule has 2 aromatic carbocycles. The van der Waals surface area contributed by atoms with E-state index in [1.165, 1.54) is 5.56 Å². The Morgan fingerprint density at radius 1 is 1.00 bits per heavy atom. The molecular formula is C20H24N2O. The zero-order valence-corrected chi connectivity index (χ0v) is 14.0. The summed E-state index contributed by atoms with van der Waals surface area (Å²) >= 11 is 0. The van der Waals surface area contributed by atoms with Crippen LogP contribution in [0.25, 0.3) is 0 Å². The third-order valence-electron chi connectivity index (χ3n) is 3.83. The maximum atomic E-state index is 11.9. The van der Waals surface area contributed by atoms with Crippen LogP contribution in [-0.4, -0.2) is 11.6 Å². The minimum atomic E-state index is -0.0898. The van der Waals surface area contributed by atoms with Crippen molar-refractivity contribution in [3.8, 4) is 0 Å². The van der Waals surface area contributed by atoms with Gasteiger partial charge in [0, 0.05) is 5.71 Å². The van der Waals surface area contributed by atoms with Gasteiger partial charge in [-0.2, -0.15) is 5.10 Å². The molecular weight excluding hydrogens is 284 g/mol. The van der Waals surface area contributed by atoms with E-state index in [1.807, 2.05) is 55.5 Å². The molecule has 0 saturated heterocycles. The van der Waals surface area contributed by atoms with Gasteiger partial charge in [-0.05, 0) is 29.9 Å². The van der Waals surface area contributed by atoms with E-state index in [9.17, 15) is 4.79 Å². The molecule has 120 valence electrons. The normalized spacial score (nSPS) is 12.0. The Kier molecular flexibility index (Phi) is 5.69. The lowest BCUT2D eigenvalue weighted by molar-refractivity contribution is -0.120. The molecule has 0 fully saturated rings. The molecule has 3 nitrogen and oxygen atoms in total. The van der Waals surface area contributed by atoms with Gasteiger partial charge in [-0.3, -0.25) is 4.79 Å². The van der Waals surface area contributed by atoms with E-state index in [0.717, 1.165) is 17.7 Å². The first-order chi connectivity index (χ1) is 11.0. The summed E-state index contributed by atoms with van der Waals surface area (Å²) in [6.45, 7) is 6.33. The van der Waals surface area contributed by atoms with Crippen LogP contribution in [0.2, 0.25) is 0 Å². The monoisotopic (exact) mass is 308 g/mol. The zero-order chi connectivity index (χ0) is 16.7. The molecule has 23 heavy (non-hydrogen) atoms. The number of nitrogens with one attached hydrogen (secondary N) is 1. The SMILES string of the molecule is C/C(CC(C)(C)c1ccccc1)=N\NC(=O)Cc1ccccc1. The second kappa shape index (κ2) is 7.73. The molecule has 0 unspecified atom stereocenters. The molecule has 0 spiro atoms. The average Bonchev–Trinajstić information content (AvgIpc) is 2.54. The number of benzene rings is 2. The predicted molar refractivity (Wildman–Crippen MR) is 95.5 cm³/mol. The van der Waals surface area contributed by atoms with Crippen LogP contribution in [0.1, 0.15) is 38.3 Å². The second-order valence-corrected chi connectivity index (χ2v) is 6.47. The Bertz CT molecular complexity index is 661. The Hall–Kier alpha value is -2.42. The molecule has 0 saturated carbocycles. The molecule has 3 heteroatoms. The first-order valence-electron chi connectivity index (χ1n) is 7.89. The van der Waals surface area contributed by atoms with Crippen molar-refractivity contribution >= 4 is 11.6 Å². The van der Waals surface area contributed by atoms with Crippen molar-refractivity contribution in [3.63, 3.8) is 0 Å². The molecule has 1 N–H and O–H groups in total. The van der Waals surface area contributed by atoms with Crippen molar-refractivity contribution in [1.82, 2.24) is 5.43 Å². The van der Waals surface area contributed by atoms with Gasteiger partial charge in [0.15, 0.2) is 0 Å². The number of nitrogens with zero attached hydrogens (tertiary/aromatic N) is 1. The van der Waals surface area contributed by atoms with Gasteiger partial charge < -0.3 is 0 Å². The van der Waals surface area contributed by atoms with Gasteiger partial charge in [-0.1, -0.05) is 74.5 Å². The summed E-state index contributed by atoms with van der Waals surface area (Å²) in [6.07, 6.45) is 1.14. The fraction of sp³-hybridized carbons (Fsp3) is 0.300. The predicted octanol–water partition coefficient (Wildman–Crippen LogP) is 4.09. The summed E-state index contributed by atoms with van der Waals surface area (Å²) in [4.78, 5) is 11.9. The highest BCUT2D eigenvalue weighted by Crippen LogP contribution is 2.27. The van der Waals surface area contributed by atoms with Gasteiger partial charge in [-0.25, -0.2) is 5.43 Å². The topological polar surface area (TPSA) is 41.5 Å². The van der Waals surface area contributed by atoms with E-state index < -0.39 is 0 Å². The number of amides is 1.